The minimum atomic E-state index is -4.99. The molecule has 3 rings (SSSR count). The van der Waals surface area contributed by atoms with Crippen LogP contribution in [0.2, 0.25) is 0 Å². The van der Waals surface area contributed by atoms with Gasteiger partial charge in [0.1, 0.15) is 11.9 Å². The fraction of sp³-hybridized carbons (Fsp3) is 0.632. The minimum Gasteiger partial charge on any atom is -0.490 e. The van der Waals surface area contributed by atoms with E-state index in [1.165, 1.54) is 5.56 Å². The third-order valence-electron chi connectivity index (χ3n) is 5.03. The highest BCUT2D eigenvalue weighted by molar-refractivity contribution is 5.76. The summed E-state index contributed by atoms with van der Waals surface area (Å²) in [6.07, 6.45) is -0.0655. The Hall–Kier alpha value is -1.76. The molecule has 26 heavy (non-hydrogen) atoms. The molecule has 2 bridgehead atoms. The van der Waals surface area contributed by atoms with Gasteiger partial charge in [0, 0.05) is 18.9 Å². The molecule has 1 aromatic carbocycles. The lowest BCUT2D eigenvalue weighted by Crippen LogP contribution is -2.56. The smallest absolute Gasteiger partial charge is 0.490 e. The molecule has 2 heterocycles. The zero-order chi connectivity index (χ0) is 18.8. The summed E-state index contributed by atoms with van der Waals surface area (Å²) in [5.74, 6) is -1.46. The summed E-state index contributed by atoms with van der Waals surface area (Å²) in [5.41, 5.74) is -0.0403. The number of rotatable bonds is 6. The first-order valence-corrected chi connectivity index (χ1v) is 9.13. The first-order chi connectivity index (χ1) is 12.3. The molecule has 1 aromatic rings. The Balaban J connectivity index is 1.62. The second-order valence-electron chi connectivity index (χ2n) is 7.19. The standard InChI is InChI=1S/C19H24F3NO3/c1-2-3-4-13-5-7-15(8-6-13)25-16-11-14-9-10-18(12-16,23-14)26-17(24)19(20,21)22/h5-8,14,16,23H,2-4,9-12H2,1H3/t14-,16+,18+/m0/s1. The molecule has 2 fully saturated rings. The first-order valence-electron chi connectivity index (χ1n) is 9.13. The number of esters is 1. The van der Waals surface area contributed by atoms with Gasteiger partial charge in [-0.05, 0) is 43.4 Å². The van der Waals surface area contributed by atoms with E-state index in [9.17, 15) is 18.0 Å². The fourth-order valence-electron chi connectivity index (χ4n) is 3.79. The predicted octanol–water partition coefficient (Wildman–Crippen LogP) is 4.12. The van der Waals surface area contributed by atoms with Gasteiger partial charge in [-0.2, -0.15) is 13.2 Å². The third-order valence-corrected chi connectivity index (χ3v) is 5.03. The Morgan fingerprint density at radius 3 is 2.69 bits per heavy atom. The van der Waals surface area contributed by atoms with Gasteiger partial charge in [-0.1, -0.05) is 25.5 Å². The minimum absolute atomic E-state index is 0.00129. The topological polar surface area (TPSA) is 47.6 Å². The van der Waals surface area contributed by atoms with Crippen molar-refractivity contribution in [3.63, 3.8) is 0 Å². The molecule has 2 aliphatic heterocycles. The van der Waals surface area contributed by atoms with Crippen molar-refractivity contribution in [3.8, 4) is 5.75 Å². The highest BCUT2D eigenvalue weighted by atomic mass is 19.4. The SMILES string of the molecule is CCCCc1ccc(O[C@@H]2C[C@@H]3CC[C@@](OC(=O)C(F)(F)F)(C2)N3)cc1. The van der Waals surface area contributed by atoms with Crippen LogP contribution in [0.3, 0.4) is 0 Å². The Bertz CT molecular complexity index is 632. The Morgan fingerprint density at radius 1 is 1.31 bits per heavy atom. The number of ether oxygens (including phenoxy) is 2. The highest BCUT2D eigenvalue weighted by Gasteiger charge is 2.53. The molecule has 144 valence electrons. The zero-order valence-corrected chi connectivity index (χ0v) is 14.8. The van der Waals surface area contributed by atoms with E-state index < -0.39 is 17.9 Å². The van der Waals surface area contributed by atoms with Crippen LogP contribution in [0.5, 0.6) is 5.75 Å². The molecule has 3 atom stereocenters. The van der Waals surface area contributed by atoms with E-state index in [0.717, 1.165) is 19.3 Å². The average Bonchev–Trinajstić information content (AvgIpc) is 2.88. The second-order valence-corrected chi connectivity index (χ2v) is 7.19. The molecule has 7 heteroatoms. The van der Waals surface area contributed by atoms with Crippen molar-refractivity contribution in [1.29, 1.82) is 0 Å². The second kappa shape index (κ2) is 7.47. The van der Waals surface area contributed by atoms with Crippen LogP contribution in [0.1, 0.15) is 51.0 Å². The Morgan fingerprint density at radius 2 is 2.04 bits per heavy atom. The number of piperidine rings is 1. The summed E-state index contributed by atoms with van der Waals surface area (Å²) >= 11 is 0. The summed E-state index contributed by atoms with van der Waals surface area (Å²) in [6.45, 7) is 2.14. The molecule has 0 aromatic heterocycles. The van der Waals surface area contributed by atoms with Gasteiger partial charge in [0.25, 0.3) is 0 Å². The van der Waals surface area contributed by atoms with Crippen LogP contribution >= 0.6 is 0 Å². The van der Waals surface area contributed by atoms with Crippen molar-refractivity contribution in [2.75, 3.05) is 0 Å². The maximum atomic E-state index is 12.6. The van der Waals surface area contributed by atoms with Crippen LogP contribution in [-0.2, 0) is 16.0 Å². The number of fused-ring (bicyclic) bond motifs is 2. The molecule has 0 saturated carbocycles. The maximum Gasteiger partial charge on any atom is 0.490 e. The lowest BCUT2D eigenvalue weighted by Gasteiger charge is -2.38. The van der Waals surface area contributed by atoms with Crippen molar-refractivity contribution in [1.82, 2.24) is 5.32 Å². The number of halogens is 3. The predicted molar refractivity (Wildman–Crippen MR) is 89.7 cm³/mol. The van der Waals surface area contributed by atoms with Crippen LogP contribution in [0.25, 0.3) is 0 Å². The number of carbonyl (C=O) groups excluding carboxylic acids is 1. The van der Waals surface area contributed by atoms with E-state index in [4.69, 9.17) is 9.47 Å². The molecule has 1 N–H and O–H groups in total. The fourth-order valence-corrected chi connectivity index (χ4v) is 3.79. The van der Waals surface area contributed by atoms with Gasteiger partial charge in [0.05, 0.1) is 0 Å². The van der Waals surface area contributed by atoms with E-state index in [1.807, 2.05) is 24.3 Å². The molecular weight excluding hydrogens is 347 g/mol. The van der Waals surface area contributed by atoms with Crippen molar-refractivity contribution in [2.24, 2.45) is 0 Å². The normalized spacial score (nSPS) is 28.0. The molecular formula is C19H24F3NO3. The Labute approximate surface area is 151 Å². The van der Waals surface area contributed by atoms with Crippen molar-refractivity contribution in [3.05, 3.63) is 29.8 Å². The first kappa shape index (κ1) is 19.0. The molecule has 0 aliphatic carbocycles. The number of alkyl halides is 3. The number of unbranched alkanes of at least 4 members (excludes halogenated alkanes) is 1. The summed E-state index contributed by atoms with van der Waals surface area (Å²) < 4.78 is 48.5. The third kappa shape index (κ3) is 4.50. The number of nitrogens with one attached hydrogen (secondary N) is 1. The van der Waals surface area contributed by atoms with Gasteiger partial charge >= 0.3 is 12.1 Å². The van der Waals surface area contributed by atoms with Crippen LogP contribution in [0, 0.1) is 0 Å². The summed E-state index contributed by atoms with van der Waals surface area (Å²) in [6, 6.07) is 7.81. The van der Waals surface area contributed by atoms with E-state index >= 15 is 0 Å². The van der Waals surface area contributed by atoms with Crippen molar-refractivity contribution in [2.45, 2.75) is 75.9 Å². The van der Waals surface area contributed by atoms with Gasteiger partial charge in [-0.25, -0.2) is 4.79 Å². The molecule has 0 radical (unpaired) electrons. The van der Waals surface area contributed by atoms with Gasteiger partial charge in [0.15, 0.2) is 5.72 Å². The van der Waals surface area contributed by atoms with Crippen LogP contribution in [-0.4, -0.2) is 30.0 Å². The van der Waals surface area contributed by atoms with E-state index in [1.54, 1.807) is 0 Å². The summed E-state index contributed by atoms with van der Waals surface area (Å²) in [5, 5.41) is 3.03. The molecule has 0 amide bonds. The van der Waals surface area contributed by atoms with Gasteiger partial charge in [0.2, 0.25) is 0 Å². The number of benzene rings is 1. The zero-order valence-electron chi connectivity index (χ0n) is 14.8. The number of aryl methyl sites for hydroxylation is 1. The van der Waals surface area contributed by atoms with Gasteiger partial charge in [-0.3, -0.25) is 5.32 Å². The lowest BCUT2D eigenvalue weighted by molar-refractivity contribution is -0.219. The summed E-state index contributed by atoms with van der Waals surface area (Å²) in [7, 11) is 0. The van der Waals surface area contributed by atoms with Gasteiger partial charge in [-0.15, -0.1) is 0 Å². The van der Waals surface area contributed by atoms with Crippen molar-refractivity contribution >= 4 is 5.97 Å². The van der Waals surface area contributed by atoms with Crippen LogP contribution in [0.4, 0.5) is 13.2 Å². The quantitative estimate of drug-likeness (QED) is 0.764. The van der Waals surface area contributed by atoms with E-state index in [-0.39, 0.29) is 18.6 Å². The lowest BCUT2D eigenvalue weighted by atomic mass is 9.99. The molecule has 0 unspecified atom stereocenters. The molecule has 4 nitrogen and oxygen atoms in total. The highest BCUT2D eigenvalue weighted by Crippen LogP contribution is 2.39. The average molecular weight is 371 g/mol. The van der Waals surface area contributed by atoms with Crippen LogP contribution < -0.4 is 10.1 Å². The molecule has 2 aliphatic rings. The van der Waals surface area contributed by atoms with Gasteiger partial charge < -0.3 is 9.47 Å². The maximum absolute atomic E-state index is 12.6. The number of carbonyl (C=O) groups is 1. The molecule has 2 saturated heterocycles. The number of hydrogen-bond acceptors (Lipinski definition) is 4. The number of hydrogen-bond donors (Lipinski definition) is 1. The van der Waals surface area contributed by atoms with E-state index in [0.29, 0.717) is 25.0 Å². The summed E-state index contributed by atoms with van der Waals surface area (Å²) in [4.78, 5) is 11.3. The van der Waals surface area contributed by atoms with Crippen molar-refractivity contribution < 1.29 is 27.4 Å². The largest absolute Gasteiger partial charge is 0.490 e. The monoisotopic (exact) mass is 371 g/mol. The van der Waals surface area contributed by atoms with Crippen LogP contribution in [0.15, 0.2) is 24.3 Å². The van der Waals surface area contributed by atoms with E-state index in [2.05, 4.69) is 12.2 Å². The Kier molecular flexibility index (Phi) is 5.46. The molecule has 0 spiro atoms.